The first-order valence-corrected chi connectivity index (χ1v) is 10.8. The van der Waals surface area contributed by atoms with Crippen molar-refractivity contribution < 1.29 is 0 Å². The molecule has 0 radical (unpaired) electrons. The van der Waals surface area contributed by atoms with Gasteiger partial charge in [0.25, 0.3) is 5.56 Å². The molecule has 0 aliphatic rings. The second-order valence-corrected chi connectivity index (χ2v) is 7.95. The molecule has 0 saturated heterocycles. The van der Waals surface area contributed by atoms with Gasteiger partial charge in [0, 0.05) is 32.1 Å². The minimum Gasteiger partial charge on any atom is -0.363 e. The molecule has 0 amide bonds. The van der Waals surface area contributed by atoms with Crippen LogP contribution in [0, 0.1) is 0 Å². The molecule has 2 aromatic carbocycles. The predicted octanol–water partition coefficient (Wildman–Crippen LogP) is 3.55. The molecule has 1 N–H and O–H groups in total. The lowest BCUT2D eigenvalue weighted by Gasteiger charge is -2.17. The van der Waals surface area contributed by atoms with Gasteiger partial charge in [-0.15, -0.1) is 5.10 Å². The van der Waals surface area contributed by atoms with Crippen LogP contribution < -0.4 is 10.5 Å². The van der Waals surface area contributed by atoms with E-state index in [0.29, 0.717) is 18.2 Å². The number of hydrogen-bond acceptors (Lipinski definition) is 6. The highest BCUT2D eigenvalue weighted by atomic mass is 16.1. The smallest absolute Gasteiger partial charge is 0.255 e. The number of rotatable bonds is 8. The van der Waals surface area contributed by atoms with Gasteiger partial charge in [-0.3, -0.25) is 9.36 Å². The normalized spacial score (nSPS) is 11.0. The molecular weight excluding hydrogens is 402 g/mol. The molecule has 32 heavy (non-hydrogen) atoms. The molecule has 8 nitrogen and oxygen atoms in total. The summed E-state index contributed by atoms with van der Waals surface area (Å²) < 4.78 is 1.78. The van der Waals surface area contributed by atoms with Gasteiger partial charge < -0.3 is 4.90 Å². The Hall–Kier alpha value is -3.81. The Morgan fingerprint density at radius 2 is 1.78 bits per heavy atom. The van der Waals surface area contributed by atoms with Gasteiger partial charge in [0.1, 0.15) is 11.6 Å². The Morgan fingerprint density at radius 3 is 2.44 bits per heavy atom. The molecule has 2 heterocycles. The van der Waals surface area contributed by atoms with Crippen molar-refractivity contribution in [3.63, 3.8) is 0 Å². The molecule has 0 aliphatic carbocycles. The zero-order chi connectivity index (χ0) is 22.5. The molecule has 0 aliphatic heterocycles. The predicted molar refractivity (Wildman–Crippen MR) is 126 cm³/mol. The fraction of sp³-hybridized carbons (Fsp3) is 0.292. The first kappa shape index (κ1) is 21.4. The van der Waals surface area contributed by atoms with Crippen LogP contribution in [0.2, 0.25) is 0 Å². The number of unbranched alkanes of at least 4 members (excludes halogenated alkanes) is 1. The Balaban J connectivity index is 1.64. The van der Waals surface area contributed by atoms with E-state index in [2.05, 4.69) is 51.8 Å². The van der Waals surface area contributed by atoms with Gasteiger partial charge in [0.05, 0.1) is 6.54 Å². The summed E-state index contributed by atoms with van der Waals surface area (Å²) in [6.07, 6.45) is 2.83. The van der Waals surface area contributed by atoms with Crippen LogP contribution in [0.1, 0.15) is 31.2 Å². The van der Waals surface area contributed by atoms with Gasteiger partial charge in [-0.25, -0.2) is 10.1 Å². The number of benzene rings is 2. The zero-order valence-corrected chi connectivity index (χ0v) is 18.6. The number of nitrogens with zero attached hydrogens (tertiary/aromatic N) is 6. The lowest BCUT2D eigenvalue weighted by Crippen LogP contribution is -2.27. The summed E-state index contributed by atoms with van der Waals surface area (Å²) in [5, 5.41) is 14.2. The topological polar surface area (TPSA) is 92.6 Å². The van der Waals surface area contributed by atoms with Crippen molar-refractivity contribution in [1.82, 2.24) is 30.2 Å². The average molecular weight is 430 g/mol. The van der Waals surface area contributed by atoms with Crippen LogP contribution in [0.5, 0.6) is 0 Å². The van der Waals surface area contributed by atoms with Crippen molar-refractivity contribution in [3.8, 4) is 22.5 Å². The first-order valence-electron chi connectivity index (χ1n) is 10.8. The SMILES string of the molecule is CCCCc1nc(N(C)C)cc(=O)n1Cc1ccc(-c2ccccc2-c2nnn[nH]2)cc1. The van der Waals surface area contributed by atoms with Crippen molar-refractivity contribution in [2.24, 2.45) is 0 Å². The molecule has 164 valence electrons. The van der Waals surface area contributed by atoms with E-state index < -0.39 is 0 Å². The van der Waals surface area contributed by atoms with E-state index in [1.807, 2.05) is 43.3 Å². The van der Waals surface area contributed by atoms with E-state index >= 15 is 0 Å². The maximum Gasteiger partial charge on any atom is 0.255 e. The van der Waals surface area contributed by atoms with Crippen LogP contribution in [0.25, 0.3) is 22.5 Å². The van der Waals surface area contributed by atoms with Gasteiger partial charge in [0.15, 0.2) is 5.82 Å². The van der Waals surface area contributed by atoms with E-state index in [-0.39, 0.29) is 5.56 Å². The van der Waals surface area contributed by atoms with E-state index in [9.17, 15) is 4.79 Å². The van der Waals surface area contributed by atoms with E-state index in [0.717, 1.165) is 47.3 Å². The molecule has 0 unspecified atom stereocenters. The summed E-state index contributed by atoms with van der Waals surface area (Å²) in [6.45, 7) is 2.64. The second kappa shape index (κ2) is 9.55. The number of aryl methyl sites for hydroxylation is 1. The number of nitrogens with one attached hydrogen (secondary N) is 1. The molecule has 0 atom stereocenters. The number of H-pyrrole nitrogens is 1. The van der Waals surface area contributed by atoms with Crippen LogP contribution in [0.4, 0.5) is 5.82 Å². The van der Waals surface area contributed by atoms with Gasteiger partial charge in [0.2, 0.25) is 0 Å². The quantitative estimate of drug-likeness (QED) is 0.460. The standard InChI is InChI=1S/C24H27N7O/c1-4-5-10-21-25-22(30(2)3)15-23(32)31(21)16-17-11-13-18(14-12-17)19-8-6-7-9-20(19)24-26-28-29-27-24/h6-9,11-15H,4-5,10,16H2,1-3H3,(H,26,27,28,29). The molecular formula is C24H27N7O. The molecule has 0 bridgehead atoms. The number of tetrazole rings is 1. The van der Waals surface area contributed by atoms with Crippen molar-refractivity contribution in [3.05, 3.63) is 76.3 Å². The van der Waals surface area contributed by atoms with Crippen molar-refractivity contribution in [2.75, 3.05) is 19.0 Å². The number of aromatic amines is 1. The Morgan fingerprint density at radius 1 is 1.03 bits per heavy atom. The summed E-state index contributed by atoms with van der Waals surface area (Å²) in [5.74, 6) is 2.16. The largest absolute Gasteiger partial charge is 0.363 e. The maximum atomic E-state index is 12.9. The monoisotopic (exact) mass is 429 g/mol. The van der Waals surface area contributed by atoms with E-state index in [1.165, 1.54) is 0 Å². The fourth-order valence-corrected chi connectivity index (χ4v) is 3.65. The highest BCUT2D eigenvalue weighted by molar-refractivity contribution is 5.80. The second-order valence-electron chi connectivity index (χ2n) is 7.95. The lowest BCUT2D eigenvalue weighted by atomic mass is 9.98. The third-order valence-corrected chi connectivity index (χ3v) is 5.42. The highest BCUT2D eigenvalue weighted by Gasteiger charge is 2.12. The molecule has 4 rings (SSSR count). The molecule has 0 saturated carbocycles. The van der Waals surface area contributed by atoms with E-state index in [4.69, 9.17) is 4.98 Å². The van der Waals surface area contributed by atoms with Crippen LogP contribution >= 0.6 is 0 Å². The first-order chi connectivity index (χ1) is 15.6. The molecule has 4 aromatic rings. The minimum atomic E-state index is -0.0259. The maximum absolute atomic E-state index is 12.9. The molecule has 8 heteroatoms. The highest BCUT2D eigenvalue weighted by Crippen LogP contribution is 2.29. The van der Waals surface area contributed by atoms with Gasteiger partial charge in [-0.2, -0.15) is 0 Å². The van der Waals surface area contributed by atoms with Crippen molar-refractivity contribution in [1.29, 1.82) is 0 Å². The Bertz CT molecular complexity index is 1230. The minimum absolute atomic E-state index is 0.0259. The lowest BCUT2D eigenvalue weighted by molar-refractivity contribution is 0.636. The number of aromatic nitrogens is 6. The van der Waals surface area contributed by atoms with Crippen molar-refractivity contribution in [2.45, 2.75) is 32.7 Å². The molecule has 0 fully saturated rings. The summed E-state index contributed by atoms with van der Waals surface area (Å²) in [4.78, 5) is 19.5. The van der Waals surface area contributed by atoms with Crippen LogP contribution in [0.3, 0.4) is 0 Å². The zero-order valence-electron chi connectivity index (χ0n) is 18.6. The summed E-state index contributed by atoms with van der Waals surface area (Å²) in [6, 6.07) is 17.8. The van der Waals surface area contributed by atoms with Crippen LogP contribution in [-0.2, 0) is 13.0 Å². The molecule has 0 spiro atoms. The number of hydrogen-bond donors (Lipinski definition) is 1. The third kappa shape index (κ3) is 4.59. The average Bonchev–Trinajstić information content (AvgIpc) is 3.34. The van der Waals surface area contributed by atoms with Crippen LogP contribution in [0.15, 0.2) is 59.4 Å². The Kier molecular flexibility index (Phi) is 6.39. The summed E-state index contributed by atoms with van der Waals surface area (Å²) >= 11 is 0. The molecule has 2 aromatic heterocycles. The van der Waals surface area contributed by atoms with Gasteiger partial charge in [-0.1, -0.05) is 61.9 Å². The van der Waals surface area contributed by atoms with Crippen LogP contribution in [-0.4, -0.2) is 44.3 Å². The van der Waals surface area contributed by atoms with E-state index in [1.54, 1.807) is 10.6 Å². The van der Waals surface area contributed by atoms with Crippen molar-refractivity contribution >= 4 is 5.82 Å². The third-order valence-electron chi connectivity index (χ3n) is 5.42. The van der Waals surface area contributed by atoms with Gasteiger partial charge >= 0.3 is 0 Å². The summed E-state index contributed by atoms with van der Waals surface area (Å²) in [7, 11) is 3.81. The fourth-order valence-electron chi connectivity index (χ4n) is 3.65. The Labute approximate surface area is 187 Å². The van der Waals surface area contributed by atoms with Gasteiger partial charge in [-0.05, 0) is 33.5 Å². The number of anilines is 1. The summed E-state index contributed by atoms with van der Waals surface area (Å²) in [5.41, 5.74) is 4.05.